The van der Waals surface area contributed by atoms with Crippen molar-refractivity contribution >= 4 is 0 Å². The van der Waals surface area contributed by atoms with Gasteiger partial charge in [-0.2, -0.15) is 17.6 Å². The van der Waals surface area contributed by atoms with Crippen LogP contribution in [0.4, 0.5) is 30.7 Å². The molecular formula is C13H6F7NO. The van der Waals surface area contributed by atoms with Crippen LogP contribution < -0.4 is 4.74 Å². The number of alkyl halides is 6. The summed E-state index contributed by atoms with van der Waals surface area (Å²) in [6, 6.07) is 5.52. The van der Waals surface area contributed by atoms with Crippen LogP contribution in [0.15, 0.2) is 36.4 Å². The molecule has 0 atom stereocenters. The van der Waals surface area contributed by atoms with Crippen LogP contribution in [0, 0.1) is 5.95 Å². The monoisotopic (exact) mass is 325 g/mol. The minimum atomic E-state index is -4.93. The van der Waals surface area contributed by atoms with Gasteiger partial charge in [-0.3, -0.25) is 0 Å². The van der Waals surface area contributed by atoms with E-state index in [0.717, 1.165) is 24.3 Å². The minimum Gasteiger partial charge on any atom is -0.406 e. The second-order valence-electron chi connectivity index (χ2n) is 4.11. The number of aromatic nitrogens is 1. The fraction of sp³-hybridized carbons (Fsp3) is 0.154. The van der Waals surface area contributed by atoms with Crippen LogP contribution in [0.1, 0.15) is 5.69 Å². The predicted octanol–water partition coefficient (Wildman–Crippen LogP) is 4.81. The lowest BCUT2D eigenvalue weighted by Gasteiger charge is -2.11. The third kappa shape index (κ3) is 3.86. The van der Waals surface area contributed by atoms with Crippen LogP contribution in [0.2, 0.25) is 0 Å². The zero-order valence-electron chi connectivity index (χ0n) is 10.5. The molecule has 1 aromatic heterocycles. The highest BCUT2D eigenvalue weighted by molar-refractivity contribution is 5.64. The molecule has 0 aliphatic rings. The summed E-state index contributed by atoms with van der Waals surface area (Å²) in [6.45, 7) is 0. The van der Waals surface area contributed by atoms with Gasteiger partial charge >= 0.3 is 12.5 Å². The van der Waals surface area contributed by atoms with E-state index in [2.05, 4.69) is 9.72 Å². The lowest BCUT2D eigenvalue weighted by atomic mass is 10.1. The van der Waals surface area contributed by atoms with Crippen molar-refractivity contribution in [1.82, 2.24) is 4.98 Å². The fourth-order valence-electron chi connectivity index (χ4n) is 1.67. The van der Waals surface area contributed by atoms with Crippen LogP contribution in [-0.4, -0.2) is 11.3 Å². The highest BCUT2D eigenvalue weighted by Gasteiger charge is 2.33. The molecule has 9 heteroatoms. The van der Waals surface area contributed by atoms with Crippen LogP contribution >= 0.6 is 0 Å². The molecule has 2 nitrogen and oxygen atoms in total. The van der Waals surface area contributed by atoms with Gasteiger partial charge in [-0.25, -0.2) is 4.98 Å². The maximum Gasteiger partial charge on any atom is 0.573 e. The van der Waals surface area contributed by atoms with Crippen LogP contribution in [0.3, 0.4) is 0 Å². The van der Waals surface area contributed by atoms with Gasteiger partial charge in [-0.1, -0.05) is 12.1 Å². The van der Waals surface area contributed by atoms with E-state index in [1.807, 2.05) is 0 Å². The van der Waals surface area contributed by atoms with Crippen molar-refractivity contribution in [2.75, 3.05) is 0 Å². The maximum atomic E-state index is 13.7. The lowest BCUT2D eigenvalue weighted by Crippen LogP contribution is -2.17. The zero-order chi connectivity index (χ0) is 16.5. The Labute approximate surface area is 119 Å². The Morgan fingerprint density at radius 2 is 1.59 bits per heavy atom. The quantitative estimate of drug-likeness (QED) is 0.584. The summed E-state index contributed by atoms with van der Waals surface area (Å²) in [7, 11) is 0. The molecule has 1 heterocycles. The summed E-state index contributed by atoms with van der Waals surface area (Å²) in [4.78, 5) is 2.77. The number of rotatable bonds is 2. The molecule has 2 rings (SSSR count). The molecule has 22 heavy (non-hydrogen) atoms. The second kappa shape index (κ2) is 5.47. The van der Waals surface area contributed by atoms with Gasteiger partial charge in [-0.05, 0) is 29.8 Å². The van der Waals surface area contributed by atoms with Crippen molar-refractivity contribution in [3.8, 4) is 16.9 Å². The largest absolute Gasteiger partial charge is 0.573 e. The summed E-state index contributed by atoms with van der Waals surface area (Å²) in [5, 5.41) is 0. The van der Waals surface area contributed by atoms with Crippen molar-refractivity contribution in [1.29, 1.82) is 0 Å². The van der Waals surface area contributed by atoms with Gasteiger partial charge in [0.2, 0.25) is 5.95 Å². The Morgan fingerprint density at radius 3 is 2.14 bits per heavy atom. The van der Waals surface area contributed by atoms with E-state index in [4.69, 9.17) is 0 Å². The third-order valence-electron chi connectivity index (χ3n) is 2.52. The van der Waals surface area contributed by atoms with E-state index in [0.29, 0.717) is 6.07 Å². The van der Waals surface area contributed by atoms with Gasteiger partial charge in [0.05, 0.1) is 0 Å². The van der Waals surface area contributed by atoms with Gasteiger partial charge in [0.1, 0.15) is 11.4 Å². The normalized spacial score (nSPS) is 12.3. The molecule has 0 radical (unpaired) electrons. The van der Waals surface area contributed by atoms with Crippen molar-refractivity contribution in [3.63, 3.8) is 0 Å². The van der Waals surface area contributed by atoms with Gasteiger partial charge in [-0.15, -0.1) is 13.2 Å². The number of halogens is 7. The first-order valence-electron chi connectivity index (χ1n) is 5.66. The first kappa shape index (κ1) is 16.1. The van der Waals surface area contributed by atoms with Crippen molar-refractivity contribution in [2.24, 2.45) is 0 Å². The topological polar surface area (TPSA) is 22.1 Å². The second-order valence-corrected chi connectivity index (χ2v) is 4.11. The van der Waals surface area contributed by atoms with Crippen molar-refractivity contribution < 1.29 is 35.5 Å². The average molecular weight is 325 g/mol. The average Bonchev–Trinajstić information content (AvgIpc) is 2.35. The first-order valence-corrected chi connectivity index (χ1v) is 5.66. The van der Waals surface area contributed by atoms with Gasteiger partial charge in [0.25, 0.3) is 0 Å². The molecule has 1 aromatic carbocycles. The summed E-state index contributed by atoms with van der Waals surface area (Å²) in [6.07, 6.45) is -9.75. The SMILES string of the molecule is Fc1nc(C(F)(F)F)ccc1-c1cccc(OC(F)(F)F)c1. The minimum absolute atomic E-state index is 0.0968. The van der Waals surface area contributed by atoms with Gasteiger partial charge < -0.3 is 4.74 Å². The fourth-order valence-corrected chi connectivity index (χ4v) is 1.67. The number of ether oxygens (including phenoxy) is 1. The van der Waals surface area contributed by atoms with Crippen LogP contribution in [-0.2, 0) is 6.18 Å². The Kier molecular flexibility index (Phi) is 3.99. The highest BCUT2D eigenvalue weighted by Crippen LogP contribution is 2.32. The molecule has 0 saturated carbocycles. The third-order valence-corrected chi connectivity index (χ3v) is 2.52. The Hall–Kier alpha value is -2.32. The number of pyridine rings is 1. The molecule has 2 aromatic rings. The van der Waals surface area contributed by atoms with Crippen LogP contribution in [0.25, 0.3) is 11.1 Å². The Balaban J connectivity index is 2.38. The molecule has 0 amide bonds. The number of nitrogens with zero attached hydrogens (tertiary/aromatic N) is 1. The highest BCUT2D eigenvalue weighted by atomic mass is 19.4. The molecule has 0 aliphatic heterocycles. The number of benzene rings is 1. The van der Waals surface area contributed by atoms with Gasteiger partial charge in [0, 0.05) is 5.56 Å². The molecule has 0 unspecified atom stereocenters. The number of hydrogen-bond donors (Lipinski definition) is 0. The van der Waals surface area contributed by atoms with Crippen molar-refractivity contribution in [2.45, 2.75) is 12.5 Å². The summed E-state index contributed by atoms with van der Waals surface area (Å²) < 4.78 is 90.8. The van der Waals surface area contributed by atoms with E-state index < -0.39 is 29.9 Å². The van der Waals surface area contributed by atoms with Crippen molar-refractivity contribution in [3.05, 3.63) is 48.0 Å². The van der Waals surface area contributed by atoms with Gasteiger partial charge in [0.15, 0.2) is 0 Å². The van der Waals surface area contributed by atoms with E-state index in [1.54, 1.807) is 0 Å². The van der Waals surface area contributed by atoms with E-state index >= 15 is 0 Å². The smallest absolute Gasteiger partial charge is 0.406 e. The molecule has 0 N–H and O–H groups in total. The summed E-state index contributed by atoms with van der Waals surface area (Å²) in [5.41, 5.74) is -1.91. The predicted molar refractivity (Wildman–Crippen MR) is 61.3 cm³/mol. The molecule has 0 bridgehead atoms. The maximum absolute atomic E-state index is 13.7. The molecule has 118 valence electrons. The van der Waals surface area contributed by atoms with E-state index in [1.165, 1.54) is 6.07 Å². The standard InChI is InChI=1S/C13H6F7NO/c14-11-9(4-5-10(21-11)12(15,16)17)7-2-1-3-8(6-7)22-13(18,19)20/h1-6H. The molecule has 0 fully saturated rings. The molecule has 0 saturated heterocycles. The van der Waals surface area contributed by atoms with E-state index in [9.17, 15) is 30.7 Å². The number of hydrogen-bond acceptors (Lipinski definition) is 2. The molecular weight excluding hydrogens is 319 g/mol. The molecule has 0 spiro atoms. The molecule has 0 aliphatic carbocycles. The Morgan fingerprint density at radius 1 is 0.909 bits per heavy atom. The lowest BCUT2D eigenvalue weighted by molar-refractivity contribution is -0.274. The summed E-state index contributed by atoms with van der Waals surface area (Å²) in [5.74, 6) is -2.07. The van der Waals surface area contributed by atoms with E-state index in [-0.39, 0.29) is 11.1 Å². The zero-order valence-corrected chi connectivity index (χ0v) is 10.5. The summed E-state index contributed by atoms with van der Waals surface area (Å²) >= 11 is 0. The van der Waals surface area contributed by atoms with Crippen LogP contribution in [0.5, 0.6) is 5.75 Å². The first-order chi connectivity index (χ1) is 10.1. The Bertz CT molecular complexity index is 679.